The van der Waals surface area contributed by atoms with Crippen LogP contribution in [0.4, 0.5) is 0 Å². The van der Waals surface area contributed by atoms with Crippen LogP contribution in [-0.2, 0) is 15.6 Å². The summed E-state index contributed by atoms with van der Waals surface area (Å²) in [5, 5.41) is 6.50. The van der Waals surface area contributed by atoms with Gasteiger partial charge in [-0.05, 0) is 44.4 Å². The van der Waals surface area contributed by atoms with Crippen LogP contribution in [-0.4, -0.2) is 50.3 Å². The van der Waals surface area contributed by atoms with Crippen molar-refractivity contribution in [2.45, 2.75) is 43.6 Å². The van der Waals surface area contributed by atoms with Gasteiger partial charge < -0.3 is 10.6 Å². The fourth-order valence-corrected chi connectivity index (χ4v) is 5.60. The number of nitrogens with one attached hydrogen (secondary N) is 2. The molecule has 1 fully saturated rings. The normalized spacial score (nSPS) is 20.1. The van der Waals surface area contributed by atoms with E-state index in [-0.39, 0.29) is 40.2 Å². The van der Waals surface area contributed by atoms with E-state index >= 15 is 0 Å². The maximum atomic E-state index is 12.2. The van der Waals surface area contributed by atoms with E-state index in [1.165, 1.54) is 18.6 Å². The van der Waals surface area contributed by atoms with E-state index in [4.69, 9.17) is 4.99 Å². The molecule has 27 heavy (non-hydrogen) atoms. The molecule has 1 aliphatic rings. The average Bonchev–Trinajstić information content (AvgIpc) is 3.04. The van der Waals surface area contributed by atoms with Crippen LogP contribution in [0.25, 0.3) is 0 Å². The summed E-state index contributed by atoms with van der Waals surface area (Å²) in [5.41, 5.74) is 0.845. The van der Waals surface area contributed by atoms with Gasteiger partial charge in [-0.25, -0.2) is 8.42 Å². The predicted octanol–water partition coefficient (Wildman–Crippen LogP) is 3.45. The zero-order valence-corrected chi connectivity index (χ0v) is 20.2. The summed E-state index contributed by atoms with van der Waals surface area (Å²) >= 11 is 2.00. The third-order valence-electron chi connectivity index (χ3n) is 4.37. The number of hydrogen-bond donors (Lipinski definition) is 2. The molecule has 0 aliphatic carbocycles. The molecule has 0 saturated carbocycles. The summed E-state index contributed by atoms with van der Waals surface area (Å²) in [6, 6.07) is 9.34. The van der Waals surface area contributed by atoms with Gasteiger partial charge >= 0.3 is 0 Å². The number of nitrogens with zero attached hydrogens (tertiary/aromatic N) is 1. The molecule has 1 heterocycles. The van der Waals surface area contributed by atoms with Gasteiger partial charge in [0.25, 0.3) is 0 Å². The number of hydrogen-bond acceptors (Lipinski definition) is 4. The van der Waals surface area contributed by atoms with Gasteiger partial charge in [-0.15, -0.1) is 24.0 Å². The number of guanidine groups is 1. The third-order valence-corrected chi connectivity index (χ3v) is 7.58. The highest BCUT2D eigenvalue weighted by atomic mass is 127. The van der Waals surface area contributed by atoms with Gasteiger partial charge in [0.05, 0.1) is 18.1 Å². The van der Waals surface area contributed by atoms with Crippen molar-refractivity contribution < 1.29 is 8.42 Å². The van der Waals surface area contributed by atoms with E-state index in [9.17, 15) is 8.42 Å². The number of benzene rings is 1. The van der Waals surface area contributed by atoms with Crippen molar-refractivity contribution in [3.05, 3.63) is 35.9 Å². The molecule has 1 saturated heterocycles. The van der Waals surface area contributed by atoms with E-state index in [2.05, 4.69) is 17.6 Å². The lowest BCUT2D eigenvalue weighted by Crippen LogP contribution is -2.39. The summed E-state index contributed by atoms with van der Waals surface area (Å²) in [6.45, 7) is 6.49. The van der Waals surface area contributed by atoms with Crippen molar-refractivity contribution in [1.82, 2.24) is 10.6 Å². The SMILES string of the molecule is CCNC(=NCC1(C)CCCS1)NCCCS(=O)(=O)Cc1ccccc1.I. The minimum absolute atomic E-state index is 0. The third kappa shape index (κ3) is 9.51. The van der Waals surface area contributed by atoms with Crippen molar-refractivity contribution in [3.8, 4) is 0 Å². The van der Waals surface area contributed by atoms with E-state index in [0.717, 1.165) is 24.6 Å². The van der Waals surface area contributed by atoms with Crippen LogP contribution in [0, 0.1) is 0 Å². The van der Waals surface area contributed by atoms with Crippen LogP contribution in [0.15, 0.2) is 35.3 Å². The summed E-state index contributed by atoms with van der Waals surface area (Å²) in [6.07, 6.45) is 3.05. The largest absolute Gasteiger partial charge is 0.357 e. The molecule has 1 unspecified atom stereocenters. The van der Waals surface area contributed by atoms with Gasteiger partial charge in [0, 0.05) is 17.8 Å². The van der Waals surface area contributed by atoms with Gasteiger partial charge in [0.2, 0.25) is 0 Å². The van der Waals surface area contributed by atoms with Crippen molar-refractivity contribution in [1.29, 1.82) is 0 Å². The fraction of sp³-hybridized carbons (Fsp3) is 0.632. The average molecular weight is 526 g/mol. The van der Waals surface area contributed by atoms with E-state index in [1.54, 1.807) is 0 Å². The molecule has 1 aliphatic heterocycles. The maximum absolute atomic E-state index is 12.2. The van der Waals surface area contributed by atoms with Gasteiger partial charge in [0.15, 0.2) is 15.8 Å². The minimum Gasteiger partial charge on any atom is -0.357 e. The molecule has 0 amide bonds. The Balaban J connectivity index is 0.00000364. The Hall–Kier alpha value is -0.480. The first-order valence-corrected chi connectivity index (χ1v) is 12.1. The lowest BCUT2D eigenvalue weighted by Gasteiger charge is -2.21. The highest BCUT2D eigenvalue weighted by Gasteiger charge is 2.29. The standard InChI is InChI=1S/C19H31N3O2S2.HI/c1-3-20-18(22-16-19(2)11-7-13-25-19)21-12-8-14-26(23,24)15-17-9-5-4-6-10-17;/h4-6,9-10H,3,7-8,11-16H2,1-2H3,(H2,20,21,22);1H. The zero-order chi connectivity index (χ0) is 18.9. The molecule has 8 heteroatoms. The van der Waals surface area contributed by atoms with Crippen molar-refractivity contribution in [2.24, 2.45) is 4.99 Å². The van der Waals surface area contributed by atoms with Crippen LogP contribution in [0.3, 0.4) is 0 Å². The Bertz CT molecular complexity index is 675. The number of thioether (sulfide) groups is 1. The smallest absolute Gasteiger partial charge is 0.191 e. The van der Waals surface area contributed by atoms with Crippen molar-refractivity contribution >= 4 is 51.5 Å². The van der Waals surface area contributed by atoms with E-state index in [0.29, 0.717) is 13.0 Å². The first-order valence-electron chi connectivity index (χ1n) is 9.33. The van der Waals surface area contributed by atoms with Crippen LogP contribution in [0.2, 0.25) is 0 Å². The molecular weight excluding hydrogens is 493 g/mol. The highest BCUT2D eigenvalue weighted by Crippen LogP contribution is 2.37. The first kappa shape index (κ1) is 24.6. The molecule has 0 bridgehead atoms. The summed E-state index contributed by atoms with van der Waals surface area (Å²) in [7, 11) is -3.08. The van der Waals surface area contributed by atoms with Gasteiger partial charge in [-0.3, -0.25) is 4.99 Å². The number of aliphatic imine (C=N–C) groups is 1. The Kier molecular flexibility index (Phi) is 11.1. The van der Waals surface area contributed by atoms with E-state index < -0.39 is 9.84 Å². The molecular formula is C19H32IN3O2S2. The monoisotopic (exact) mass is 525 g/mol. The molecule has 1 aromatic carbocycles. The highest BCUT2D eigenvalue weighted by molar-refractivity contribution is 14.0. The lowest BCUT2D eigenvalue weighted by molar-refractivity contribution is 0.591. The van der Waals surface area contributed by atoms with Gasteiger partial charge in [-0.1, -0.05) is 30.3 Å². The molecule has 0 aromatic heterocycles. The van der Waals surface area contributed by atoms with E-state index in [1.807, 2.05) is 49.0 Å². The molecule has 2 N–H and O–H groups in total. The molecule has 5 nitrogen and oxygen atoms in total. The molecule has 0 radical (unpaired) electrons. The number of rotatable bonds is 9. The topological polar surface area (TPSA) is 70.6 Å². The second-order valence-electron chi connectivity index (χ2n) is 6.96. The molecule has 1 atom stereocenters. The summed E-state index contributed by atoms with van der Waals surface area (Å²) in [5.74, 6) is 2.29. The molecule has 2 rings (SSSR count). The van der Waals surface area contributed by atoms with Crippen LogP contribution in [0.1, 0.15) is 38.7 Å². The quantitative estimate of drug-likeness (QED) is 0.224. The lowest BCUT2D eigenvalue weighted by atomic mass is 10.1. The van der Waals surface area contributed by atoms with Gasteiger partial charge in [0.1, 0.15) is 0 Å². The van der Waals surface area contributed by atoms with Crippen molar-refractivity contribution in [2.75, 3.05) is 31.1 Å². The number of sulfone groups is 1. The van der Waals surface area contributed by atoms with Crippen LogP contribution < -0.4 is 10.6 Å². The minimum atomic E-state index is -3.08. The second-order valence-corrected chi connectivity index (χ2v) is 10.8. The fourth-order valence-electron chi connectivity index (χ4n) is 2.95. The predicted molar refractivity (Wildman–Crippen MR) is 128 cm³/mol. The Labute approximate surface area is 185 Å². The van der Waals surface area contributed by atoms with Gasteiger partial charge in [-0.2, -0.15) is 11.8 Å². The Morgan fingerprint density at radius 1 is 1.26 bits per heavy atom. The Morgan fingerprint density at radius 2 is 2.00 bits per heavy atom. The molecule has 1 aromatic rings. The first-order chi connectivity index (χ1) is 12.4. The van der Waals surface area contributed by atoms with Crippen LogP contribution in [0.5, 0.6) is 0 Å². The number of halogens is 1. The second kappa shape index (κ2) is 12.2. The zero-order valence-electron chi connectivity index (χ0n) is 16.2. The molecule has 154 valence electrons. The summed E-state index contributed by atoms with van der Waals surface area (Å²) in [4.78, 5) is 4.69. The Morgan fingerprint density at radius 3 is 2.63 bits per heavy atom. The maximum Gasteiger partial charge on any atom is 0.191 e. The molecule has 0 spiro atoms. The van der Waals surface area contributed by atoms with Crippen molar-refractivity contribution in [3.63, 3.8) is 0 Å². The van der Waals surface area contributed by atoms with Crippen LogP contribution >= 0.6 is 35.7 Å². The summed E-state index contributed by atoms with van der Waals surface area (Å²) < 4.78 is 24.7.